The van der Waals surface area contributed by atoms with Gasteiger partial charge in [0.2, 0.25) is 5.75 Å². The van der Waals surface area contributed by atoms with E-state index in [9.17, 15) is 10.2 Å². The van der Waals surface area contributed by atoms with Crippen LogP contribution in [0.25, 0.3) is 0 Å². The zero-order valence-electron chi connectivity index (χ0n) is 11.3. The number of methoxy groups -OCH3 is 2. The number of rotatable bonds is 5. The Morgan fingerprint density at radius 2 is 1.50 bits per heavy atom. The van der Waals surface area contributed by atoms with E-state index < -0.39 is 0 Å². The Morgan fingerprint density at radius 1 is 0.950 bits per heavy atom. The van der Waals surface area contributed by atoms with Crippen molar-refractivity contribution in [2.24, 2.45) is 0 Å². The first-order valence-electron chi connectivity index (χ1n) is 5.99. The maximum absolute atomic E-state index is 9.84. The second-order valence-corrected chi connectivity index (χ2v) is 5.18. The molecular formula is C15H16O4S. The topological polar surface area (TPSA) is 58.9 Å². The highest BCUT2D eigenvalue weighted by Gasteiger charge is 2.11. The van der Waals surface area contributed by atoms with Crippen molar-refractivity contribution in [3.8, 4) is 23.0 Å². The lowest BCUT2D eigenvalue weighted by Gasteiger charge is -2.11. The average molecular weight is 292 g/mol. The van der Waals surface area contributed by atoms with E-state index in [-0.39, 0.29) is 11.5 Å². The van der Waals surface area contributed by atoms with Gasteiger partial charge < -0.3 is 19.7 Å². The zero-order valence-corrected chi connectivity index (χ0v) is 12.1. The van der Waals surface area contributed by atoms with Gasteiger partial charge in [-0.2, -0.15) is 0 Å². The Kier molecular flexibility index (Phi) is 4.63. The monoisotopic (exact) mass is 292 g/mol. The van der Waals surface area contributed by atoms with Gasteiger partial charge in [0.25, 0.3) is 0 Å². The lowest BCUT2D eigenvalue weighted by Crippen LogP contribution is -1.92. The van der Waals surface area contributed by atoms with E-state index in [0.717, 1.165) is 10.5 Å². The summed E-state index contributed by atoms with van der Waals surface area (Å²) in [5.74, 6) is 1.75. The molecule has 106 valence electrons. The quantitative estimate of drug-likeness (QED) is 0.827. The van der Waals surface area contributed by atoms with Crippen LogP contribution in [0.2, 0.25) is 0 Å². The van der Waals surface area contributed by atoms with Crippen LogP contribution in [0.15, 0.2) is 41.3 Å². The van der Waals surface area contributed by atoms with Crippen molar-refractivity contribution in [3.63, 3.8) is 0 Å². The molecule has 2 aromatic carbocycles. The predicted molar refractivity (Wildman–Crippen MR) is 78.9 cm³/mol. The molecule has 2 aromatic rings. The van der Waals surface area contributed by atoms with Gasteiger partial charge in [-0.3, -0.25) is 0 Å². The smallest absolute Gasteiger partial charge is 0.200 e. The first kappa shape index (κ1) is 14.4. The maximum Gasteiger partial charge on any atom is 0.200 e. The lowest BCUT2D eigenvalue weighted by atomic mass is 10.2. The van der Waals surface area contributed by atoms with Gasteiger partial charge >= 0.3 is 0 Å². The highest BCUT2D eigenvalue weighted by molar-refractivity contribution is 7.98. The Hall–Kier alpha value is -2.01. The van der Waals surface area contributed by atoms with E-state index in [4.69, 9.17) is 9.47 Å². The van der Waals surface area contributed by atoms with Gasteiger partial charge in [0.1, 0.15) is 5.75 Å². The summed E-state index contributed by atoms with van der Waals surface area (Å²) in [7, 11) is 3.01. The molecule has 0 aromatic heterocycles. The van der Waals surface area contributed by atoms with Gasteiger partial charge in [0.05, 0.1) is 14.2 Å². The normalized spacial score (nSPS) is 10.3. The Labute approximate surface area is 122 Å². The number of phenols is 2. The first-order chi connectivity index (χ1) is 9.63. The summed E-state index contributed by atoms with van der Waals surface area (Å²) >= 11 is 1.62. The minimum absolute atomic E-state index is 0.00776. The van der Waals surface area contributed by atoms with Crippen LogP contribution < -0.4 is 9.47 Å². The van der Waals surface area contributed by atoms with Crippen LogP contribution in [0.1, 0.15) is 5.56 Å². The molecule has 20 heavy (non-hydrogen) atoms. The number of ether oxygens (including phenoxy) is 2. The van der Waals surface area contributed by atoms with E-state index in [2.05, 4.69) is 0 Å². The third kappa shape index (κ3) is 3.30. The number of hydrogen-bond donors (Lipinski definition) is 2. The fraction of sp³-hybridized carbons (Fsp3) is 0.200. The number of aromatic hydroxyl groups is 2. The highest BCUT2D eigenvalue weighted by Crippen LogP contribution is 2.38. The van der Waals surface area contributed by atoms with Gasteiger partial charge in [-0.15, -0.1) is 11.8 Å². The van der Waals surface area contributed by atoms with E-state index in [1.165, 1.54) is 14.2 Å². The molecule has 0 heterocycles. The predicted octanol–water partition coefficient (Wildman–Crippen LogP) is 3.41. The Morgan fingerprint density at radius 3 is 2.00 bits per heavy atom. The molecule has 5 heteroatoms. The van der Waals surface area contributed by atoms with Crippen LogP contribution in [0, 0.1) is 0 Å². The van der Waals surface area contributed by atoms with Gasteiger partial charge in [-0.05, 0) is 42.0 Å². The van der Waals surface area contributed by atoms with Crippen LogP contribution in [0.3, 0.4) is 0 Å². The second-order valence-electron chi connectivity index (χ2n) is 4.13. The van der Waals surface area contributed by atoms with E-state index in [1.54, 1.807) is 36.0 Å². The van der Waals surface area contributed by atoms with Crippen molar-refractivity contribution < 1.29 is 19.7 Å². The SMILES string of the molecule is COc1cc(CSc2ccc(O)cc2)cc(OC)c1O. The lowest BCUT2D eigenvalue weighted by molar-refractivity contribution is 0.339. The summed E-state index contributed by atoms with van der Waals surface area (Å²) in [6.07, 6.45) is 0. The number of benzene rings is 2. The molecule has 2 N–H and O–H groups in total. The van der Waals surface area contributed by atoms with E-state index in [1.807, 2.05) is 12.1 Å². The first-order valence-corrected chi connectivity index (χ1v) is 6.98. The number of phenolic OH excluding ortho intramolecular Hbond substituents is 2. The molecule has 0 amide bonds. The van der Waals surface area contributed by atoms with Gasteiger partial charge in [-0.25, -0.2) is 0 Å². The van der Waals surface area contributed by atoms with Crippen LogP contribution in [-0.2, 0) is 5.75 Å². The summed E-state index contributed by atoms with van der Waals surface area (Å²) in [6.45, 7) is 0. The molecule has 0 atom stereocenters. The number of thioether (sulfide) groups is 1. The molecule has 0 saturated heterocycles. The molecule has 0 saturated carbocycles. The molecule has 0 radical (unpaired) electrons. The van der Waals surface area contributed by atoms with Crippen LogP contribution in [0.4, 0.5) is 0 Å². The Bertz CT molecular complexity index is 556. The van der Waals surface area contributed by atoms with Crippen molar-refractivity contribution >= 4 is 11.8 Å². The molecule has 0 unspecified atom stereocenters. The van der Waals surface area contributed by atoms with Crippen LogP contribution in [-0.4, -0.2) is 24.4 Å². The third-order valence-corrected chi connectivity index (χ3v) is 3.86. The molecular weight excluding hydrogens is 276 g/mol. The van der Waals surface area contributed by atoms with Crippen molar-refractivity contribution in [2.45, 2.75) is 10.6 Å². The van der Waals surface area contributed by atoms with Gasteiger partial charge in [-0.1, -0.05) is 0 Å². The largest absolute Gasteiger partial charge is 0.508 e. The van der Waals surface area contributed by atoms with Gasteiger partial charge in [0.15, 0.2) is 11.5 Å². The average Bonchev–Trinajstić information content (AvgIpc) is 2.47. The second kappa shape index (κ2) is 6.43. The summed E-state index contributed by atoms with van der Waals surface area (Å²) in [4.78, 5) is 1.05. The number of hydrogen-bond acceptors (Lipinski definition) is 5. The van der Waals surface area contributed by atoms with Crippen LogP contribution in [0.5, 0.6) is 23.0 Å². The van der Waals surface area contributed by atoms with Crippen molar-refractivity contribution in [1.29, 1.82) is 0 Å². The molecule has 0 aliphatic heterocycles. The summed E-state index contributed by atoms with van der Waals surface area (Å²) < 4.78 is 10.2. The molecule has 0 fully saturated rings. The minimum Gasteiger partial charge on any atom is -0.508 e. The van der Waals surface area contributed by atoms with Crippen LogP contribution >= 0.6 is 11.8 Å². The summed E-state index contributed by atoms with van der Waals surface area (Å²) in [5, 5.41) is 19.1. The third-order valence-electron chi connectivity index (χ3n) is 2.78. The molecule has 0 aliphatic carbocycles. The summed E-state index contributed by atoms with van der Waals surface area (Å²) in [6, 6.07) is 10.6. The standard InChI is InChI=1S/C15H16O4S/c1-18-13-7-10(8-14(19-2)15(13)17)9-20-12-5-3-11(16)4-6-12/h3-8,16-17H,9H2,1-2H3. The minimum atomic E-state index is 0.00776. The maximum atomic E-state index is 9.84. The van der Waals surface area contributed by atoms with E-state index >= 15 is 0 Å². The van der Waals surface area contributed by atoms with Gasteiger partial charge in [0, 0.05) is 10.6 Å². The Balaban J connectivity index is 2.14. The molecule has 0 spiro atoms. The van der Waals surface area contributed by atoms with Crippen molar-refractivity contribution in [1.82, 2.24) is 0 Å². The summed E-state index contributed by atoms with van der Waals surface area (Å²) in [5.41, 5.74) is 0.981. The fourth-order valence-corrected chi connectivity index (χ4v) is 2.57. The molecule has 0 aliphatic rings. The van der Waals surface area contributed by atoms with E-state index in [0.29, 0.717) is 17.3 Å². The fourth-order valence-electron chi connectivity index (χ4n) is 1.74. The molecule has 2 rings (SSSR count). The van der Waals surface area contributed by atoms with Crippen molar-refractivity contribution in [2.75, 3.05) is 14.2 Å². The highest BCUT2D eigenvalue weighted by atomic mass is 32.2. The molecule has 0 bridgehead atoms. The van der Waals surface area contributed by atoms with Crippen molar-refractivity contribution in [3.05, 3.63) is 42.0 Å². The molecule has 4 nitrogen and oxygen atoms in total. The zero-order chi connectivity index (χ0) is 14.5.